The van der Waals surface area contributed by atoms with Gasteiger partial charge in [0.1, 0.15) is 17.4 Å². The molecule has 7 nitrogen and oxygen atoms in total. The van der Waals surface area contributed by atoms with E-state index in [0.717, 1.165) is 62.8 Å². The number of benzene rings is 1. The maximum atomic E-state index is 12.5. The first-order chi connectivity index (χ1) is 13.1. The largest absolute Gasteiger partial charge is 0.483 e. The molecule has 2 aromatic rings. The van der Waals surface area contributed by atoms with Gasteiger partial charge in [-0.3, -0.25) is 4.79 Å². The van der Waals surface area contributed by atoms with Crippen LogP contribution in [0, 0.1) is 6.92 Å². The minimum absolute atomic E-state index is 0.0234. The zero-order valence-corrected chi connectivity index (χ0v) is 16.2. The van der Waals surface area contributed by atoms with Crippen molar-refractivity contribution in [3.63, 3.8) is 0 Å². The van der Waals surface area contributed by atoms with E-state index in [0.29, 0.717) is 16.7 Å². The number of rotatable bonds is 4. The summed E-state index contributed by atoms with van der Waals surface area (Å²) in [5, 5.41) is 12.7. The van der Waals surface area contributed by atoms with Crippen LogP contribution in [-0.4, -0.2) is 51.8 Å². The van der Waals surface area contributed by atoms with Crippen LogP contribution < -0.4 is 10.1 Å². The number of amides is 1. The first-order valence-corrected chi connectivity index (χ1v) is 9.79. The third-order valence-electron chi connectivity index (χ3n) is 5.35. The molecule has 0 unspecified atom stereocenters. The van der Waals surface area contributed by atoms with E-state index in [1.165, 1.54) is 0 Å². The van der Waals surface area contributed by atoms with E-state index in [-0.39, 0.29) is 12.5 Å². The lowest BCUT2D eigenvalue weighted by molar-refractivity contribution is -0.134. The van der Waals surface area contributed by atoms with E-state index in [9.17, 15) is 4.79 Å². The van der Waals surface area contributed by atoms with Crippen molar-refractivity contribution in [2.45, 2.75) is 38.8 Å². The van der Waals surface area contributed by atoms with Crippen LogP contribution in [0.3, 0.4) is 0 Å². The quantitative estimate of drug-likeness (QED) is 0.867. The molecular weight excluding hydrogens is 366 g/mol. The Hall–Kier alpha value is -2.12. The molecule has 1 N–H and O–H groups in total. The number of aryl methyl sites for hydroxylation is 1. The average Bonchev–Trinajstić information content (AvgIpc) is 3.11. The summed E-state index contributed by atoms with van der Waals surface area (Å²) in [5.41, 5.74) is 0.931. The van der Waals surface area contributed by atoms with Gasteiger partial charge in [0.05, 0.1) is 6.54 Å². The van der Waals surface area contributed by atoms with E-state index in [1.807, 2.05) is 17.9 Å². The second kappa shape index (κ2) is 7.86. The monoisotopic (exact) mass is 389 g/mol. The van der Waals surface area contributed by atoms with Crippen LogP contribution in [0.1, 0.15) is 36.0 Å². The Morgan fingerprint density at radius 3 is 2.89 bits per heavy atom. The molecular formula is C19H24ClN5O2. The maximum absolute atomic E-state index is 12.5. The van der Waals surface area contributed by atoms with Crippen molar-refractivity contribution >= 4 is 17.5 Å². The van der Waals surface area contributed by atoms with Gasteiger partial charge in [-0.1, -0.05) is 11.6 Å². The highest BCUT2D eigenvalue weighted by atomic mass is 35.5. The first-order valence-electron chi connectivity index (χ1n) is 9.41. The van der Waals surface area contributed by atoms with Crippen molar-refractivity contribution in [2.24, 2.45) is 0 Å². The third kappa shape index (κ3) is 3.94. The van der Waals surface area contributed by atoms with E-state index in [4.69, 9.17) is 16.3 Å². The Bertz CT molecular complexity index is 830. The lowest BCUT2D eigenvalue weighted by Crippen LogP contribution is -2.41. The van der Waals surface area contributed by atoms with Crippen LogP contribution in [-0.2, 0) is 17.9 Å². The topological polar surface area (TPSA) is 72.3 Å². The molecule has 0 bridgehead atoms. The summed E-state index contributed by atoms with van der Waals surface area (Å²) in [7, 11) is 0. The minimum atomic E-state index is 0.0234. The number of likely N-dealkylation sites (tertiary alicyclic amines) is 1. The van der Waals surface area contributed by atoms with Gasteiger partial charge in [-0.05, 0) is 43.5 Å². The SMILES string of the molecule is Cc1cc(Cl)ccc1OCC(=O)N1CCC(c2nnc3n2CCNC3)CC1. The second-order valence-electron chi connectivity index (χ2n) is 7.16. The zero-order chi connectivity index (χ0) is 18.8. The van der Waals surface area contributed by atoms with Gasteiger partial charge < -0.3 is 19.5 Å². The van der Waals surface area contributed by atoms with Crippen molar-refractivity contribution in [2.75, 3.05) is 26.2 Å². The maximum Gasteiger partial charge on any atom is 0.260 e. The number of hydrogen-bond acceptors (Lipinski definition) is 5. The molecule has 0 aliphatic carbocycles. The van der Waals surface area contributed by atoms with Gasteiger partial charge in [0.15, 0.2) is 6.61 Å². The van der Waals surface area contributed by atoms with Crippen molar-refractivity contribution < 1.29 is 9.53 Å². The lowest BCUT2D eigenvalue weighted by Gasteiger charge is -2.32. The normalized spacial score (nSPS) is 17.6. The predicted octanol–water partition coefficient (Wildman–Crippen LogP) is 2.13. The van der Waals surface area contributed by atoms with E-state index in [1.54, 1.807) is 12.1 Å². The molecule has 27 heavy (non-hydrogen) atoms. The molecule has 8 heteroatoms. The highest BCUT2D eigenvalue weighted by molar-refractivity contribution is 6.30. The number of piperidine rings is 1. The molecule has 1 amide bonds. The number of fused-ring (bicyclic) bond motifs is 1. The molecule has 0 spiro atoms. The van der Waals surface area contributed by atoms with Crippen LogP contribution in [0.4, 0.5) is 0 Å². The summed E-state index contributed by atoms with van der Waals surface area (Å²) in [6, 6.07) is 5.41. The Balaban J connectivity index is 1.31. The number of carbonyl (C=O) groups is 1. The molecule has 3 heterocycles. The molecule has 4 rings (SSSR count). The molecule has 0 atom stereocenters. The van der Waals surface area contributed by atoms with Crippen LogP contribution >= 0.6 is 11.6 Å². The van der Waals surface area contributed by atoms with Gasteiger partial charge in [-0.15, -0.1) is 10.2 Å². The van der Waals surface area contributed by atoms with Gasteiger partial charge >= 0.3 is 0 Å². The smallest absolute Gasteiger partial charge is 0.260 e. The molecule has 144 valence electrons. The van der Waals surface area contributed by atoms with Gasteiger partial charge in [0.25, 0.3) is 5.91 Å². The average molecular weight is 390 g/mol. The third-order valence-corrected chi connectivity index (χ3v) is 5.59. The zero-order valence-electron chi connectivity index (χ0n) is 15.4. The van der Waals surface area contributed by atoms with Crippen LogP contribution in [0.2, 0.25) is 5.02 Å². The van der Waals surface area contributed by atoms with E-state index in [2.05, 4.69) is 20.1 Å². The van der Waals surface area contributed by atoms with E-state index < -0.39 is 0 Å². The van der Waals surface area contributed by atoms with Crippen molar-refractivity contribution in [1.29, 1.82) is 0 Å². The Labute approximate surface area is 163 Å². The fourth-order valence-electron chi connectivity index (χ4n) is 3.81. The van der Waals surface area contributed by atoms with E-state index >= 15 is 0 Å². The van der Waals surface area contributed by atoms with Crippen LogP contribution in [0.15, 0.2) is 18.2 Å². The summed E-state index contributed by atoms with van der Waals surface area (Å²) in [6.07, 6.45) is 1.83. The van der Waals surface area contributed by atoms with Crippen LogP contribution in [0.25, 0.3) is 0 Å². The minimum Gasteiger partial charge on any atom is -0.483 e. The summed E-state index contributed by atoms with van der Waals surface area (Å²) in [5.74, 6) is 3.18. The van der Waals surface area contributed by atoms with Crippen molar-refractivity contribution in [3.05, 3.63) is 40.4 Å². The first kappa shape index (κ1) is 18.3. The summed E-state index contributed by atoms with van der Waals surface area (Å²) >= 11 is 5.96. The Morgan fingerprint density at radius 2 is 2.11 bits per heavy atom. The number of aromatic nitrogens is 3. The van der Waals surface area contributed by atoms with Gasteiger partial charge in [0, 0.05) is 37.1 Å². The fourth-order valence-corrected chi connectivity index (χ4v) is 4.04. The Morgan fingerprint density at radius 1 is 1.30 bits per heavy atom. The van der Waals surface area contributed by atoms with Gasteiger partial charge in [-0.2, -0.15) is 0 Å². The summed E-state index contributed by atoms with van der Waals surface area (Å²) in [6.45, 7) is 6.10. The van der Waals surface area contributed by atoms with Gasteiger partial charge in [0.2, 0.25) is 0 Å². The number of nitrogens with one attached hydrogen (secondary N) is 1. The van der Waals surface area contributed by atoms with Crippen molar-refractivity contribution in [3.8, 4) is 5.75 Å². The molecule has 0 radical (unpaired) electrons. The molecule has 1 fully saturated rings. The highest BCUT2D eigenvalue weighted by Gasteiger charge is 2.28. The molecule has 1 aromatic carbocycles. The second-order valence-corrected chi connectivity index (χ2v) is 7.59. The molecule has 1 aromatic heterocycles. The standard InChI is InChI=1S/C19H24ClN5O2/c1-13-10-15(20)2-3-16(13)27-12-18(26)24-7-4-14(5-8-24)19-23-22-17-11-21-6-9-25(17)19/h2-3,10,14,21H,4-9,11-12H2,1H3. The molecule has 1 saturated heterocycles. The van der Waals surface area contributed by atoms with Crippen LogP contribution in [0.5, 0.6) is 5.75 Å². The number of halogens is 1. The molecule has 0 saturated carbocycles. The van der Waals surface area contributed by atoms with Gasteiger partial charge in [-0.25, -0.2) is 0 Å². The number of ether oxygens (including phenoxy) is 1. The molecule has 2 aliphatic rings. The lowest BCUT2D eigenvalue weighted by atomic mass is 9.95. The summed E-state index contributed by atoms with van der Waals surface area (Å²) in [4.78, 5) is 14.4. The predicted molar refractivity (Wildman–Crippen MR) is 102 cm³/mol. The highest BCUT2D eigenvalue weighted by Crippen LogP contribution is 2.28. The Kier molecular flexibility index (Phi) is 5.31. The fraction of sp³-hybridized carbons (Fsp3) is 0.526. The van der Waals surface area contributed by atoms with Crippen molar-refractivity contribution in [1.82, 2.24) is 25.0 Å². The number of hydrogen-bond donors (Lipinski definition) is 1. The number of nitrogens with zero attached hydrogens (tertiary/aromatic N) is 4. The molecule has 2 aliphatic heterocycles. The summed E-state index contributed by atoms with van der Waals surface area (Å²) < 4.78 is 7.94. The number of carbonyl (C=O) groups excluding carboxylic acids is 1.